The Morgan fingerprint density at radius 2 is 1.74 bits per heavy atom. The number of hydrogen-bond donors (Lipinski definition) is 0. The monoisotopic (exact) mass is 377 g/mol. The Bertz CT molecular complexity index is 496. The summed E-state index contributed by atoms with van der Waals surface area (Å²) in [7, 11) is 0. The Hall–Kier alpha value is -0.830. The molecule has 0 N–H and O–H groups in total. The molecule has 3 heteroatoms. The predicted molar refractivity (Wildman–Crippen MR) is 113 cm³/mol. The second-order valence-corrected chi connectivity index (χ2v) is 9.30. The number of imidazole rings is 1. The Labute approximate surface area is 168 Å². The molecule has 0 radical (unpaired) electrons. The second-order valence-electron chi connectivity index (χ2n) is 9.30. The van der Waals surface area contributed by atoms with Crippen LogP contribution in [0.2, 0.25) is 0 Å². The van der Waals surface area contributed by atoms with E-state index in [1.807, 2.05) is 0 Å². The summed E-state index contributed by atoms with van der Waals surface area (Å²) < 4.78 is 10.9. The van der Waals surface area contributed by atoms with Crippen molar-refractivity contribution in [2.75, 3.05) is 0 Å². The molecule has 3 atom stereocenters. The summed E-state index contributed by atoms with van der Waals surface area (Å²) in [4.78, 5) is 0. The van der Waals surface area contributed by atoms with Crippen LogP contribution in [0.1, 0.15) is 98.3 Å². The maximum absolute atomic E-state index is 6.37. The van der Waals surface area contributed by atoms with Gasteiger partial charge in [-0.15, -0.1) is 0 Å². The third kappa shape index (κ3) is 8.37. The predicted octanol–water partition coefficient (Wildman–Crippen LogP) is 6.35. The lowest BCUT2D eigenvalue weighted by molar-refractivity contribution is -0.735. The number of rotatable bonds is 13. The third-order valence-corrected chi connectivity index (χ3v) is 6.42. The quantitative estimate of drug-likeness (QED) is 0.289. The molecule has 2 rings (SSSR count). The zero-order chi connectivity index (χ0) is 19.5. The van der Waals surface area contributed by atoms with Crippen molar-refractivity contribution in [3.63, 3.8) is 0 Å². The lowest BCUT2D eigenvalue weighted by Crippen LogP contribution is -2.40. The summed E-state index contributed by atoms with van der Waals surface area (Å²) in [5.74, 6) is 2.25. The van der Waals surface area contributed by atoms with E-state index >= 15 is 0 Å². The van der Waals surface area contributed by atoms with Crippen molar-refractivity contribution in [2.24, 2.45) is 17.8 Å². The van der Waals surface area contributed by atoms with Gasteiger partial charge in [0.2, 0.25) is 6.33 Å². The van der Waals surface area contributed by atoms with Gasteiger partial charge in [-0.3, -0.25) is 0 Å². The van der Waals surface area contributed by atoms with E-state index in [-0.39, 0.29) is 0 Å². The van der Waals surface area contributed by atoms with Gasteiger partial charge in [-0.2, -0.15) is 0 Å². The van der Waals surface area contributed by atoms with Crippen LogP contribution in [-0.4, -0.2) is 10.7 Å². The SMILES string of the molecule is CCCCCCCCCCn1cc[n+](COC2CC(C)CCC2C(C)C)c1. The average molecular weight is 378 g/mol. The summed E-state index contributed by atoms with van der Waals surface area (Å²) in [5.41, 5.74) is 0. The van der Waals surface area contributed by atoms with E-state index in [0.717, 1.165) is 24.3 Å². The molecule has 1 aromatic rings. The van der Waals surface area contributed by atoms with Gasteiger partial charge >= 0.3 is 0 Å². The maximum Gasteiger partial charge on any atom is 0.245 e. The summed E-state index contributed by atoms with van der Waals surface area (Å²) in [5, 5.41) is 0. The molecule has 1 fully saturated rings. The van der Waals surface area contributed by atoms with Crippen LogP contribution in [0.25, 0.3) is 0 Å². The fourth-order valence-corrected chi connectivity index (χ4v) is 4.56. The molecule has 1 aliphatic rings. The number of aromatic nitrogens is 2. The molecule has 0 aliphatic heterocycles. The Morgan fingerprint density at radius 1 is 1.04 bits per heavy atom. The molecule has 0 spiro atoms. The molecule has 156 valence electrons. The highest BCUT2D eigenvalue weighted by Gasteiger charge is 2.31. The van der Waals surface area contributed by atoms with Crippen molar-refractivity contribution in [3.05, 3.63) is 18.7 Å². The molecule has 0 amide bonds. The van der Waals surface area contributed by atoms with Gasteiger partial charge in [-0.05, 0) is 43.4 Å². The summed E-state index contributed by atoms with van der Waals surface area (Å²) in [6, 6.07) is 0. The van der Waals surface area contributed by atoms with Crippen LogP contribution < -0.4 is 4.57 Å². The lowest BCUT2D eigenvalue weighted by atomic mass is 9.75. The fraction of sp³-hybridized carbons (Fsp3) is 0.875. The van der Waals surface area contributed by atoms with Crippen molar-refractivity contribution >= 4 is 0 Å². The number of nitrogens with zero attached hydrogens (tertiary/aromatic N) is 2. The molecule has 1 saturated carbocycles. The minimum atomic E-state index is 0.428. The Kier molecular flexibility index (Phi) is 10.5. The molecule has 0 bridgehead atoms. The van der Waals surface area contributed by atoms with Crippen LogP contribution in [0.15, 0.2) is 18.7 Å². The highest BCUT2D eigenvalue weighted by atomic mass is 16.5. The summed E-state index contributed by atoms with van der Waals surface area (Å²) in [6.07, 6.45) is 22.0. The maximum atomic E-state index is 6.37. The zero-order valence-corrected chi connectivity index (χ0v) is 18.5. The normalized spacial score (nSPS) is 23.2. The van der Waals surface area contributed by atoms with Crippen molar-refractivity contribution in [1.29, 1.82) is 0 Å². The van der Waals surface area contributed by atoms with E-state index in [1.165, 1.54) is 70.6 Å². The van der Waals surface area contributed by atoms with Crippen LogP contribution in [0.4, 0.5) is 0 Å². The van der Waals surface area contributed by atoms with Gasteiger partial charge in [-0.1, -0.05) is 72.6 Å². The van der Waals surface area contributed by atoms with Crippen molar-refractivity contribution in [2.45, 2.75) is 118 Å². The number of unbranched alkanes of at least 4 members (excludes halogenated alkanes) is 7. The molecule has 3 unspecified atom stereocenters. The largest absolute Gasteiger partial charge is 0.338 e. The smallest absolute Gasteiger partial charge is 0.245 e. The van der Waals surface area contributed by atoms with Crippen LogP contribution in [-0.2, 0) is 18.0 Å². The molecule has 1 aromatic heterocycles. The topological polar surface area (TPSA) is 18.0 Å². The minimum Gasteiger partial charge on any atom is -0.338 e. The molecule has 0 saturated heterocycles. The van der Waals surface area contributed by atoms with Crippen molar-refractivity contribution < 1.29 is 9.30 Å². The minimum absolute atomic E-state index is 0.428. The number of hydrogen-bond acceptors (Lipinski definition) is 1. The highest BCUT2D eigenvalue weighted by molar-refractivity contribution is 4.80. The van der Waals surface area contributed by atoms with Gasteiger partial charge in [0.05, 0.1) is 12.6 Å². The first-order valence-corrected chi connectivity index (χ1v) is 11.8. The van der Waals surface area contributed by atoms with Gasteiger partial charge < -0.3 is 4.74 Å². The Morgan fingerprint density at radius 3 is 2.44 bits per heavy atom. The number of aryl methyl sites for hydroxylation is 1. The van der Waals surface area contributed by atoms with E-state index in [0.29, 0.717) is 12.8 Å². The molecule has 0 aromatic carbocycles. The van der Waals surface area contributed by atoms with Gasteiger partial charge in [0.15, 0.2) is 6.73 Å². The second kappa shape index (κ2) is 12.6. The molecule has 3 nitrogen and oxygen atoms in total. The van der Waals surface area contributed by atoms with Gasteiger partial charge in [0, 0.05) is 0 Å². The van der Waals surface area contributed by atoms with E-state index in [2.05, 4.69) is 55.6 Å². The van der Waals surface area contributed by atoms with E-state index in [9.17, 15) is 0 Å². The third-order valence-electron chi connectivity index (χ3n) is 6.42. The average Bonchev–Trinajstić information content (AvgIpc) is 3.10. The highest BCUT2D eigenvalue weighted by Crippen LogP contribution is 2.35. The molecular formula is C24H45N2O+. The first-order valence-electron chi connectivity index (χ1n) is 11.8. The molecule has 1 heterocycles. The van der Waals surface area contributed by atoms with Crippen LogP contribution in [0, 0.1) is 17.8 Å². The van der Waals surface area contributed by atoms with Gasteiger partial charge in [-0.25, -0.2) is 9.13 Å². The molecular weight excluding hydrogens is 332 g/mol. The summed E-state index contributed by atoms with van der Waals surface area (Å²) >= 11 is 0. The molecule has 27 heavy (non-hydrogen) atoms. The van der Waals surface area contributed by atoms with Crippen LogP contribution >= 0.6 is 0 Å². The van der Waals surface area contributed by atoms with E-state index < -0.39 is 0 Å². The van der Waals surface area contributed by atoms with Crippen LogP contribution in [0.5, 0.6) is 0 Å². The van der Waals surface area contributed by atoms with Crippen molar-refractivity contribution in [3.8, 4) is 0 Å². The zero-order valence-electron chi connectivity index (χ0n) is 18.5. The van der Waals surface area contributed by atoms with Gasteiger partial charge in [0.1, 0.15) is 12.4 Å². The first-order chi connectivity index (χ1) is 13.1. The van der Waals surface area contributed by atoms with E-state index in [1.54, 1.807) is 0 Å². The molecule has 1 aliphatic carbocycles. The van der Waals surface area contributed by atoms with Crippen molar-refractivity contribution in [1.82, 2.24) is 4.57 Å². The van der Waals surface area contributed by atoms with E-state index in [4.69, 9.17) is 4.74 Å². The van der Waals surface area contributed by atoms with Crippen LogP contribution in [0.3, 0.4) is 0 Å². The van der Waals surface area contributed by atoms with Gasteiger partial charge in [0.25, 0.3) is 0 Å². The lowest BCUT2D eigenvalue weighted by Gasteiger charge is -2.36. The number of ether oxygens (including phenoxy) is 1. The summed E-state index contributed by atoms with van der Waals surface area (Å²) in [6.45, 7) is 11.2. The first kappa shape index (κ1) is 22.5. The Balaban J connectivity index is 1.63. The standard InChI is InChI=1S/C24H45N2O/c1-5-6-7-8-9-10-11-12-15-25-16-17-26(19-25)20-27-24-18-22(4)13-14-23(24)21(2)3/h16-17,19,21-24H,5-15,18,20H2,1-4H3/q+1. The fourth-order valence-electron chi connectivity index (χ4n) is 4.56.